The van der Waals surface area contributed by atoms with E-state index >= 15 is 0 Å². The molecule has 3 N–H and O–H groups in total. The molecule has 39 heavy (non-hydrogen) atoms. The van der Waals surface area contributed by atoms with Crippen molar-refractivity contribution < 1.29 is 18.0 Å². The molecule has 1 amide bonds. The first-order valence-corrected chi connectivity index (χ1v) is 12.0. The third-order valence-electron chi connectivity index (χ3n) is 6.32. The molecule has 8 nitrogen and oxygen atoms in total. The number of rotatable bonds is 6. The average Bonchev–Trinajstić information content (AvgIpc) is 3.53. The minimum absolute atomic E-state index is 0.0146. The van der Waals surface area contributed by atoms with E-state index in [1.54, 1.807) is 43.8 Å². The monoisotopic (exact) mass is 534 g/mol. The number of pyridine rings is 2. The molecule has 0 fully saturated rings. The first-order chi connectivity index (χ1) is 18.5. The lowest BCUT2D eigenvalue weighted by atomic mass is 9.99. The van der Waals surface area contributed by atoms with Gasteiger partial charge in [-0.1, -0.05) is 6.08 Å². The third-order valence-corrected chi connectivity index (χ3v) is 6.32. The van der Waals surface area contributed by atoms with Gasteiger partial charge in [0.25, 0.3) is 5.56 Å². The molecule has 0 radical (unpaired) electrons. The Labute approximate surface area is 220 Å². The summed E-state index contributed by atoms with van der Waals surface area (Å²) >= 11 is 0. The number of nitrogens with one attached hydrogen (secondary N) is 3. The third kappa shape index (κ3) is 5.21. The fourth-order valence-electron chi connectivity index (χ4n) is 4.45. The predicted molar refractivity (Wildman–Crippen MR) is 145 cm³/mol. The van der Waals surface area contributed by atoms with Gasteiger partial charge in [-0.05, 0) is 50.0 Å². The van der Waals surface area contributed by atoms with Crippen molar-refractivity contribution in [2.24, 2.45) is 7.05 Å². The van der Waals surface area contributed by atoms with Crippen molar-refractivity contribution in [3.63, 3.8) is 0 Å². The van der Waals surface area contributed by atoms with Crippen molar-refractivity contribution in [1.29, 1.82) is 0 Å². The number of aromatic nitrogens is 4. The lowest BCUT2D eigenvalue weighted by Gasteiger charge is -2.13. The zero-order chi connectivity index (χ0) is 27.9. The number of amides is 1. The Balaban J connectivity index is 1.60. The fourth-order valence-corrected chi connectivity index (χ4v) is 4.45. The summed E-state index contributed by atoms with van der Waals surface area (Å²) in [5, 5.41) is 3.92. The van der Waals surface area contributed by atoms with Crippen molar-refractivity contribution in [3.8, 4) is 22.3 Å². The number of H-pyrrole nitrogens is 2. The van der Waals surface area contributed by atoms with Crippen molar-refractivity contribution in [3.05, 3.63) is 83.2 Å². The second-order valence-electron chi connectivity index (χ2n) is 9.50. The number of aromatic amines is 2. The Bertz CT molecular complexity index is 1790. The van der Waals surface area contributed by atoms with Crippen LogP contribution in [0.25, 0.3) is 44.2 Å². The van der Waals surface area contributed by atoms with E-state index in [1.165, 1.54) is 22.9 Å². The summed E-state index contributed by atoms with van der Waals surface area (Å²) in [4.78, 5) is 37.2. The number of likely N-dealkylation sites (N-methyl/N-ethyl adjacent to an activating group) is 1. The molecule has 0 unspecified atom stereocenters. The van der Waals surface area contributed by atoms with Gasteiger partial charge in [0, 0.05) is 77.6 Å². The highest BCUT2D eigenvalue weighted by Gasteiger charge is 2.31. The second kappa shape index (κ2) is 9.91. The molecule has 0 aliphatic heterocycles. The molecular weight excluding hydrogens is 509 g/mol. The first-order valence-electron chi connectivity index (χ1n) is 12.0. The maximum absolute atomic E-state index is 13.8. The SMILES string of the molecule is CN(C)CC=CC(=O)Nc1cc(-c2cnc3[nH]cc(-c4cn(C)c(=O)c5[nH]ccc45)c3c2)cc(C(F)(F)F)c1. The number of carbonyl (C=O) groups excluding carboxylic acids is 1. The molecule has 0 bridgehead atoms. The van der Waals surface area contributed by atoms with Crippen LogP contribution in [0.5, 0.6) is 0 Å². The number of hydrogen-bond acceptors (Lipinski definition) is 4. The number of alkyl halides is 3. The number of carbonyl (C=O) groups is 1. The van der Waals surface area contributed by atoms with Gasteiger partial charge in [0.1, 0.15) is 11.2 Å². The number of aryl methyl sites for hydroxylation is 1. The Morgan fingerprint density at radius 2 is 1.90 bits per heavy atom. The van der Waals surface area contributed by atoms with Crippen LogP contribution in [0.2, 0.25) is 0 Å². The van der Waals surface area contributed by atoms with Gasteiger partial charge in [-0.3, -0.25) is 9.59 Å². The first kappa shape index (κ1) is 26.0. The fraction of sp³-hybridized carbons (Fsp3) is 0.179. The molecule has 200 valence electrons. The van der Waals surface area contributed by atoms with Gasteiger partial charge in [-0.2, -0.15) is 13.2 Å². The number of hydrogen-bond donors (Lipinski definition) is 3. The van der Waals surface area contributed by atoms with Gasteiger partial charge >= 0.3 is 6.18 Å². The van der Waals surface area contributed by atoms with Crippen molar-refractivity contribution in [2.45, 2.75) is 6.18 Å². The molecule has 0 saturated carbocycles. The maximum Gasteiger partial charge on any atom is 0.416 e. The maximum atomic E-state index is 13.8. The Morgan fingerprint density at radius 1 is 1.10 bits per heavy atom. The second-order valence-corrected chi connectivity index (χ2v) is 9.50. The lowest BCUT2D eigenvalue weighted by molar-refractivity contribution is -0.137. The Hall–Kier alpha value is -4.64. The molecule has 4 aromatic heterocycles. The minimum Gasteiger partial charge on any atom is -0.357 e. The summed E-state index contributed by atoms with van der Waals surface area (Å²) in [5.41, 5.74) is 2.12. The molecule has 0 saturated heterocycles. The van der Waals surface area contributed by atoms with E-state index in [1.807, 2.05) is 19.0 Å². The summed E-state index contributed by atoms with van der Waals surface area (Å²) in [5.74, 6) is -0.533. The molecule has 0 aliphatic carbocycles. The molecule has 5 rings (SSSR count). The standard InChI is InChI=1S/C28H25F3N6O2/c1-36(2)8-4-5-24(38)35-19-10-16(9-18(12-19)28(29,30)31)17-11-21-22(14-34-26(21)33-13-17)23-15-37(3)27(39)25-20(23)6-7-32-25/h4-7,9-15,32H,8H2,1-3H3,(H,33,34)(H,35,38). The molecule has 0 spiro atoms. The van der Waals surface area contributed by atoms with Gasteiger partial charge in [-0.25, -0.2) is 4.98 Å². The van der Waals surface area contributed by atoms with Crippen LogP contribution in [0.1, 0.15) is 5.56 Å². The van der Waals surface area contributed by atoms with Crippen LogP contribution in [-0.2, 0) is 18.0 Å². The summed E-state index contributed by atoms with van der Waals surface area (Å²) in [7, 11) is 5.32. The van der Waals surface area contributed by atoms with Crippen LogP contribution < -0.4 is 10.9 Å². The largest absolute Gasteiger partial charge is 0.416 e. The molecule has 0 aliphatic rings. The molecule has 1 aromatic carbocycles. The highest BCUT2D eigenvalue weighted by atomic mass is 19.4. The number of nitrogens with zero attached hydrogens (tertiary/aromatic N) is 3. The molecule has 5 aromatic rings. The Morgan fingerprint density at radius 3 is 2.64 bits per heavy atom. The molecule has 11 heteroatoms. The van der Waals surface area contributed by atoms with Crippen molar-refractivity contribution in [1.82, 2.24) is 24.4 Å². The number of benzene rings is 1. The van der Waals surface area contributed by atoms with Crippen molar-refractivity contribution in [2.75, 3.05) is 26.0 Å². The van der Waals surface area contributed by atoms with Gasteiger partial charge in [0.05, 0.1) is 5.56 Å². The van der Waals surface area contributed by atoms with Crippen LogP contribution in [0.15, 0.2) is 72.1 Å². The van der Waals surface area contributed by atoms with Crippen LogP contribution in [0.4, 0.5) is 18.9 Å². The van der Waals surface area contributed by atoms with E-state index in [2.05, 4.69) is 20.3 Å². The van der Waals surface area contributed by atoms with Gasteiger partial charge < -0.3 is 24.8 Å². The van der Waals surface area contributed by atoms with E-state index in [0.717, 1.165) is 28.6 Å². The lowest BCUT2D eigenvalue weighted by Crippen LogP contribution is -2.16. The number of halogens is 3. The molecular formula is C28H25F3N6O2. The topological polar surface area (TPSA) is 98.8 Å². The molecule has 4 heterocycles. The summed E-state index contributed by atoms with van der Waals surface area (Å²) in [6.07, 6.45) is 4.92. The van der Waals surface area contributed by atoms with E-state index < -0.39 is 17.6 Å². The van der Waals surface area contributed by atoms with Gasteiger partial charge in [0.15, 0.2) is 0 Å². The quantitative estimate of drug-likeness (QED) is 0.262. The average molecular weight is 535 g/mol. The highest BCUT2D eigenvalue weighted by Crippen LogP contribution is 2.37. The Kier molecular flexibility index (Phi) is 6.61. The summed E-state index contributed by atoms with van der Waals surface area (Å²) in [6.45, 7) is 0.510. The summed E-state index contributed by atoms with van der Waals surface area (Å²) < 4.78 is 42.8. The minimum atomic E-state index is -4.62. The van der Waals surface area contributed by atoms with Crippen molar-refractivity contribution >= 4 is 33.5 Å². The number of fused-ring (bicyclic) bond motifs is 2. The van der Waals surface area contributed by atoms with Crippen LogP contribution >= 0.6 is 0 Å². The van der Waals surface area contributed by atoms with Gasteiger partial charge in [0.2, 0.25) is 5.91 Å². The van der Waals surface area contributed by atoms with Crippen LogP contribution in [0.3, 0.4) is 0 Å². The predicted octanol–water partition coefficient (Wildman–Crippen LogP) is 5.15. The highest BCUT2D eigenvalue weighted by molar-refractivity contribution is 6.04. The van der Waals surface area contributed by atoms with Gasteiger partial charge in [-0.15, -0.1) is 0 Å². The summed E-state index contributed by atoms with van der Waals surface area (Å²) in [6, 6.07) is 6.97. The van der Waals surface area contributed by atoms with Crippen LogP contribution in [0, 0.1) is 0 Å². The smallest absolute Gasteiger partial charge is 0.357 e. The van der Waals surface area contributed by atoms with E-state index in [4.69, 9.17) is 0 Å². The molecule has 0 atom stereocenters. The zero-order valence-electron chi connectivity index (χ0n) is 21.3. The zero-order valence-corrected chi connectivity index (χ0v) is 21.3. The van der Waals surface area contributed by atoms with E-state index in [9.17, 15) is 22.8 Å². The normalized spacial score (nSPS) is 12.3. The van der Waals surface area contributed by atoms with E-state index in [0.29, 0.717) is 28.7 Å². The number of anilines is 1. The van der Waals surface area contributed by atoms with Crippen LogP contribution in [-0.4, -0.2) is 51.0 Å². The van der Waals surface area contributed by atoms with E-state index in [-0.39, 0.29) is 16.8 Å².